The molecule has 1 atom stereocenters. The number of anilines is 1. The zero-order valence-corrected chi connectivity index (χ0v) is 18.7. The Morgan fingerprint density at radius 1 is 1.00 bits per heavy atom. The highest BCUT2D eigenvalue weighted by Crippen LogP contribution is 2.50. The molecule has 1 fully saturated rings. The van der Waals surface area contributed by atoms with Crippen LogP contribution in [0.2, 0.25) is 0 Å². The SMILES string of the molecule is O=C(Nc1ccc(C(O)(C(F)(F)F)C(F)(F)F)cc1)C1NCc2cc(S(=O)(=O)CC3CC3)ccc21. The summed E-state index contributed by atoms with van der Waals surface area (Å²) in [7, 11) is -3.45. The summed E-state index contributed by atoms with van der Waals surface area (Å²) in [4.78, 5) is 12.9. The maximum atomic E-state index is 13.0. The van der Waals surface area contributed by atoms with E-state index >= 15 is 0 Å². The van der Waals surface area contributed by atoms with Gasteiger partial charge in [0.05, 0.1) is 10.6 Å². The maximum absolute atomic E-state index is 13.0. The number of nitrogens with one attached hydrogen (secondary N) is 2. The number of halogens is 6. The van der Waals surface area contributed by atoms with Gasteiger partial charge in [0.25, 0.3) is 5.60 Å². The van der Waals surface area contributed by atoms with Crippen molar-refractivity contribution >= 4 is 21.4 Å². The fraction of sp³-hybridized carbons (Fsp3) is 0.409. The van der Waals surface area contributed by atoms with E-state index in [1.54, 1.807) is 0 Å². The Hall–Kier alpha value is -2.64. The van der Waals surface area contributed by atoms with Gasteiger partial charge in [0.1, 0.15) is 6.04 Å². The molecule has 35 heavy (non-hydrogen) atoms. The second-order valence-electron chi connectivity index (χ2n) is 8.67. The molecule has 0 radical (unpaired) electrons. The van der Waals surface area contributed by atoms with Gasteiger partial charge in [-0.2, -0.15) is 26.3 Å². The van der Waals surface area contributed by atoms with Gasteiger partial charge in [-0.1, -0.05) is 18.2 Å². The molecular weight excluding hydrogens is 502 g/mol. The van der Waals surface area contributed by atoms with Gasteiger partial charge in [-0.25, -0.2) is 8.42 Å². The lowest BCUT2D eigenvalue weighted by atomic mass is 9.92. The normalized spacial score (nSPS) is 18.9. The number of rotatable bonds is 6. The Labute approximate surface area is 196 Å². The number of sulfone groups is 1. The first-order valence-corrected chi connectivity index (χ1v) is 12.1. The topological polar surface area (TPSA) is 95.5 Å². The molecule has 3 N–H and O–H groups in total. The van der Waals surface area contributed by atoms with Gasteiger partial charge in [0.2, 0.25) is 5.91 Å². The quantitative estimate of drug-likeness (QED) is 0.500. The molecule has 1 amide bonds. The number of carbonyl (C=O) groups excluding carboxylic acids is 1. The Balaban J connectivity index is 1.50. The standard InChI is InChI=1S/C22H20F6N2O4S/c23-21(24,25)20(32,22(26,27)28)14-3-5-15(6-4-14)30-19(31)18-17-8-7-16(9-13(17)10-29-18)35(33,34)11-12-1-2-12/h3-9,12,18,29,32H,1-2,10-11H2,(H,30,31). The van der Waals surface area contributed by atoms with Crippen LogP contribution in [0, 0.1) is 5.92 Å². The molecule has 0 saturated heterocycles. The van der Waals surface area contributed by atoms with Crippen LogP contribution in [0.5, 0.6) is 0 Å². The predicted molar refractivity (Wildman–Crippen MR) is 112 cm³/mol. The predicted octanol–water partition coefficient (Wildman–Crippen LogP) is 3.97. The zero-order valence-electron chi connectivity index (χ0n) is 17.9. The van der Waals surface area contributed by atoms with Gasteiger partial charge < -0.3 is 10.4 Å². The van der Waals surface area contributed by atoms with E-state index in [0.29, 0.717) is 23.3 Å². The smallest absolute Gasteiger partial charge is 0.369 e. The van der Waals surface area contributed by atoms with Crippen molar-refractivity contribution in [2.24, 2.45) is 5.92 Å². The van der Waals surface area contributed by atoms with Crippen molar-refractivity contribution < 1.29 is 44.7 Å². The Kier molecular flexibility index (Phi) is 6.17. The van der Waals surface area contributed by atoms with E-state index in [1.165, 1.54) is 18.2 Å². The molecule has 0 aromatic heterocycles. The van der Waals surface area contributed by atoms with E-state index in [1.807, 2.05) is 0 Å². The van der Waals surface area contributed by atoms with Gasteiger partial charge in [-0.05, 0) is 54.2 Å². The highest BCUT2D eigenvalue weighted by Gasteiger charge is 2.71. The van der Waals surface area contributed by atoms with E-state index in [4.69, 9.17) is 0 Å². The first kappa shape index (κ1) is 25.5. The van der Waals surface area contributed by atoms with Crippen LogP contribution in [0.25, 0.3) is 0 Å². The molecule has 1 aliphatic heterocycles. The Morgan fingerprint density at radius 2 is 1.60 bits per heavy atom. The summed E-state index contributed by atoms with van der Waals surface area (Å²) in [6.07, 6.45) is -10.3. The number of amides is 1. The minimum Gasteiger partial charge on any atom is -0.369 e. The molecule has 190 valence electrons. The van der Waals surface area contributed by atoms with E-state index in [2.05, 4.69) is 10.6 Å². The molecule has 2 aromatic rings. The molecule has 2 aromatic carbocycles. The lowest BCUT2D eigenvalue weighted by molar-refractivity contribution is -0.376. The summed E-state index contributed by atoms with van der Waals surface area (Å²) in [6, 6.07) is 6.01. The number of fused-ring (bicyclic) bond motifs is 1. The second kappa shape index (κ2) is 8.49. The number of hydrogen-bond donors (Lipinski definition) is 3. The summed E-state index contributed by atoms with van der Waals surface area (Å²) in [5.74, 6) is -0.414. The van der Waals surface area contributed by atoms with Crippen LogP contribution in [0.3, 0.4) is 0 Å². The molecule has 6 nitrogen and oxygen atoms in total. The zero-order chi connectivity index (χ0) is 25.8. The van der Waals surface area contributed by atoms with Crippen LogP contribution in [0.4, 0.5) is 32.0 Å². The van der Waals surface area contributed by atoms with Crippen molar-refractivity contribution in [3.05, 3.63) is 59.2 Å². The third-order valence-electron chi connectivity index (χ3n) is 6.09. The number of carbonyl (C=O) groups is 1. The van der Waals surface area contributed by atoms with Crippen molar-refractivity contribution in [3.63, 3.8) is 0 Å². The van der Waals surface area contributed by atoms with Crippen molar-refractivity contribution in [1.29, 1.82) is 0 Å². The first-order valence-electron chi connectivity index (χ1n) is 10.5. The maximum Gasteiger partial charge on any atom is 0.430 e. The summed E-state index contributed by atoms with van der Waals surface area (Å²) >= 11 is 0. The molecule has 1 unspecified atom stereocenters. The second-order valence-corrected chi connectivity index (χ2v) is 10.7. The first-order chi connectivity index (χ1) is 16.1. The highest BCUT2D eigenvalue weighted by molar-refractivity contribution is 7.91. The minimum atomic E-state index is -6.02. The molecule has 4 rings (SSSR count). The lowest BCUT2D eigenvalue weighted by Gasteiger charge is -2.32. The van der Waals surface area contributed by atoms with Crippen molar-refractivity contribution in [2.75, 3.05) is 11.1 Å². The third-order valence-corrected chi connectivity index (χ3v) is 7.97. The van der Waals surface area contributed by atoms with E-state index in [0.717, 1.165) is 25.0 Å². The summed E-state index contributed by atoms with van der Waals surface area (Å²) in [5, 5.41) is 14.8. The molecule has 0 bridgehead atoms. The summed E-state index contributed by atoms with van der Waals surface area (Å²) in [6.45, 7) is 0.198. The van der Waals surface area contributed by atoms with Gasteiger partial charge in [-0.3, -0.25) is 10.1 Å². The van der Waals surface area contributed by atoms with Gasteiger partial charge in [-0.15, -0.1) is 0 Å². The third kappa shape index (κ3) is 4.76. The van der Waals surface area contributed by atoms with Crippen molar-refractivity contribution in [2.45, 2.75) is 48.3 Å². The number of aliphatic hydroxyl groups is 1. The van der Waals surface area contributed by atoms with Crippen molar-refractivity contribution in [1.82, 2.24) is 5.32 Å². The lowest BCUT2D eigenvalue weighted by Crippen LogP contribution is -2.53. The van der Waals surface area contributed by atoms with Crippen molar-refractivity contribution in [3.8, 4) is 0 Å². The van der Waals surface area contributed by atoms with E-state index < -0.39 is 45.3 Å². The minimum absolute atomic E-state index is 0.0664. The monoisotopic (exact) mass is 522 g/mol. The summed E-state index contributed by atoms with van der Waals surface area (Å²) < 4.78 is 103. The molecule has 13 heteroatoms. The van der Waals surface area contributed by atoms with Crippen LogP contribution in [0.1, 0.15) is 35.6 Å². The Bertz CT molecular complexity index is 1220. The largest absolute Gasteiger partial charge is 0.430 e. The fourth-order valence-electron chi connectivity index (χ4n) is 3.95. The van der Waals surface area contributed by atoms with Gasteiger partial charge >= 0.3 is 12.4 Å². The highest BCUT2D eigenvalue weighted by atomic mass is 32.2. The number of alkyl halides is 6. The molecule has 0 spiro atoms. The number of hydrogen-bond acceptors (Lipinski definition) is 5. The molecule has 1 heterocycles. The molecule has 1 saturated carbocycles. The number of benzene rings is 2. The van der Waals surface area contributed by atoms with Gasteiger partial charge in [0.15, 0.2) is 9.84 Å². The molecule has 1 aliphatic carbocycles. The van der Waals surface area contributed by atoms with Crippen LogP contribution in [0.15, 0.2) is 47.4 Å². The molecule has 2 aliphatic rings. The van der Waals surface area contributed by atoms with E-state index in [9.17, 15) is 44.7 Å². The fourth-order valence-corrected chi connectivity index (χ4v) is 5.70. The van der Waals surface area contributed by atoms with Crippen LogP contribution >= 0.6 is 0 Å². The van der Waals surface area contributed by atoms with E-state index in [-0.39, 0.29) is 28.8 Å². The van der Waals surface area contributed by atoms with Gasteiger partial charge in [0, 0.05) is 17.8 Å². The average molecular weight is 522 g/mol. The van der Waals surface area contributed by atoms with Crippen LogP contribution in [-0.2, 0) is 26.8 Å². The summed E-state index contributed by atoms with van der Waals surface area (Å²) in [5.41, 5.74) is -5.50. The molecular formula is C22H20F6N2O4S. The average Bonchev–Trinajstić information content (AvgIpc) is 3.45. The Morgan fingerprint density at radius 3 is 2.14 bits per heavy atom. The van der Waals surface area contributed by atoms with Crippen LogP contribution < -0.4 is 10.6 Å². The van der Waals surface area contributed by atoms with Crippen LogP contribution in [-0.4, -0.2) is 37.5 Å².